The number of benzene rings is 1. The van der Waals surface area contributed by atoms with Crippen molar-refractivity contribution in [2.24, 2.45) is 4.99 Å². The molecule has 0 aliphatic carbocycles. The molecule has 25 heavy (non-hydrogen) atoms. The molecule has 1 unspecified atom stereocenters. The Morgan fingerprint density at radius 3 is 2.68 bits per heavy atom. The fourth-order valence-corrected chi connectivity index (χ4v) is 2.23. The lowest BCUT2D eigenvalue weighted by molar-refractivity contribution is -0.121. The van der Waals surface area contributed by atoms with Gasteiger partial charge in [-0.25, -0.2) is 4.99 Å². The number of aryl methyl sites for hydroxylation is 1. The molecule has 1 atom stereocenters. The van der Waals surface area contributed by atoms with E-state index < -0.39 is 0 Å². The van der Waals surface area contributed by atoms with Crippen LogP contribution in [0.3, 0.4) is 0 Å². The minimum atomic E-state index is 0.0536. The Kier molecular flexibility index (Phi) is 9.43. The van der Waals surface area contributed by atoms with Crippen molar-refractivity contribution in [2.45, 2.75) is 53.1 Å². The van der Waals surface area contributed by atoms with E-state index in [9.17, 15) is 4.79 Å². The van der Waals surface area contributed by atoms with Crippen LogP contribution < -0.4 is 20.7 Å². The molecule has 0 fully saturated rings. The number of nitrogens with one attached hydrogen (secondary N) is 3. The molecule has 1 amide bonds. The molecule has 0 bridgehead atoms. The van der Waals surface area contributed by atoms with Crippen LogP contribution in [0.2, 0.25) is 0 Å². The molecule has 6 nitrogen and oxygen atoms in total. The summed E-state index contributed by atoms with van der Waals surface area (Å²) in [5, 5.41) is 9.35. The third-order valence-electron chi connectivity index (χ3n) is 3.86. The van der Waals surface area contributed by atoms with Crippen molar-refractivity contribution in [3.63, 3.8) is 0 Å². The lowest BCUT2D eigenvalue weighted by atomic mass is 10.1. The van der Waals surface area contributed by atoms with Crippen LogP contribution in [0.4, 0.5) is 0 Å². The van der Waals surface area contributed by atoms with Gasteiger partial charge in [0.15, 0.2) is 5.96 Å². The van der Waals surface area contributed by atoms with E-state index in [2.05, 4.69) is 27.9 Å². The van der Waals surface area contributed by atoms with E-state index in [1.54, 1.807) is 7.11 Å². The van der Waals surface area contributed by atoms with Gasteiger partial charge in [-0.15, -0.1) is 0 Å². The van der Waals surface area contributed by atoms with Crippen molar-refractivity contribution in [1.82, 2.24) is 16.0 Å². The maximum Gasteiger partial charge on any atom is 0.221 e. The Labute approximate surface area is 151 Å². The van der Waals surface area contributed by atoms with Gasteiger partial charge in [0, 0.05) is 31.1 Å². The fourth-order valence-electron chi connectivity index (χ4n) is 2.23. The highest BCUT2D eigenvalue weighted by molar-refractivity contribution is 5.81. The summed E-state index contributed by atoms with van der Waals surface area (Å²) in [6.45, 7) is 9.92. The summed E-state index contributed by atoms with van der Waals surface area (Å²) in [6.07, 6.45) is 1.35. The van der Waals surface area contributed by atoms with Gasteiger partial charge in [0.05, 0.1) is 13.7 Å². The van der Waals surface area contributed by atoms with Crippen molar-refractivity contribution >= 4 is 11.9 Å². The van der Waals surface area contributed by atoms with Gasteiger partial charge in [0.25, 0.3) is 0 Å². The summed E-state index contributed by atoms with van der Waals surface area (Å²) in [6, 6.07) is 6.29. The van der Waals surface area contributed by atoms with Crippen LogP contribution in [0, 0.1) is 6.92 Å². The zero-order valence-electron chi connectivity index (χ0n) is 16.1. The highest BCUT2D eigenvalue weighted by Crippen LogP contribution is 2.20. The summed E-state index contributed by atoms with van der Waals surface area (Å²) < 4.78 is 5.42. The molecule has 0 saturated carbocycles. The zero-order valence-corrected chi connectivity index (χ0v) is 16.1. The number of amides is 1. The van der Waals surface area contributed by atoms with Gasteiger partial charge in [-0.3, -0.25) is 4.79 Å². The van der Waals surface area contributed by atoms with Crippen LogP contribution in [0.25, 0.3) is 0 Å². The molecule has 6 heteroatoms. The number of rotatable bonds is 9. The molecular weight excluding hydrogens is 316 g/mol. The molecule has 0 saturated heterocycles. The molecule has 1 aromatic carbocycles. The predicted octanol–water partition coefficient (Wildman–Crippen LogP) is 2.36. The van der Waals surface area contributed by atoms with Crippen molar-refractivity contribution in [3.05, 3.63) is 29.3 Å². The molecule has 3 N–H and O–H groups in total. The monoisotopic (exact) mass is 348 g/mol. The van der Waals surface area contributed by atoms with E-state index in [0.717, 1.165) is 29.8 Å². The largest absolute Gasteiger partial charge is 0.496 e. The molecule has 0 aliphatic heterocycles. The maximum absolute atomic E-state index is 11.8. The van der Waals surface area contributed by atoms with Crippen molar-refractivity contribution in [2.75, 3.05) is 20.2 Å². The van der Waals surface area contributed by atoms with Crippen LogP contribution in [0.15, 0.2) is 23.2 Å². The average molecular weight is 348 g/mol. The number of carbonyl (C=O) groups is 1. The molecule has 0 aliphatic rings. The quantitative estimate of drug-likeness (QED) is 0.473. The standard InChI is InChI=1S/C19H32N4O2/c1-6-15(4)23-18(24)10-11-21-19(20-7-2)22-13-16-9-8-14(3)12-17(16)25-5/h8-9,12,15H,6-7,10-11,13H2,1-5H3,(H,23,24)(H2,20,21,22). The van der Waals surface area contributed by atoms with Gasteiger partial charge < -0.3 is 20.7 Å². The normalized spacial score (nSPS) is 12.4. The van der Waals surface area contributed by atoms with Crippen molar-refractivity contribution in [3.8, 4) is 5.75 Å². The molecule has 0 spiro atoms. The first-order valence-corrected chi connectivity index (χ1v) is 8.95. The number of hydrogen-bond donors (Lipinski definition) is 3. The molecular formula is C19H32N4O2. The third-order valence-corrected chi connectivity index (χ3v) is 3.86. The van der Waals surface area contributed by atoms with Gasteiger partial charge >= 0.3 is 0 Å². The van der Waals surface area contributed by atoms with E-state index in [4.69, 9.17) is 4.74 Å². The molecule has 1 aromatic rings. The number of ether oxygens (including phenoxy) is 1. The summed E-state index contributed by atoms with van der Waals surface area (Å²) >= 11 is 0. The first-order valence-electron chi connectivity index (χ1n) is 8.95. The second kappa shape index (κ2) is 11.3. The molecule has 0 heterocycles. The van der Waals surface area contributed by atoms with E-state index in [0.29, 0.717) is 25.5 Å². The molecule has 1 rings (SSSR count). The second-order valence-electron chi connectivity index (χ2n) is 6.06. The third kappa shape index (κ3) is 7.92. The number of nitrogens with zero attached hydrogens (tertiary/aromatic N) is 1. The second-order valence-corrected chi connectivity index (χ2v) is 6.06. The first-order chi connectivity index (χ1) is 12.0. The van der Waals surface area contributed by atoms with Crippen LogP contribution in [0.5, 0.6) is 5.75 Å². The zero-order chi connectivity index (χ0) is 18.7. The number of carbonyl (C=O) groups excluding carboxylic acids is 1. The fraction of sp³-hybridized carbons (Fsp3) is 0.579. The Balaban J connectivity index is 2.58. The Hall–Kier alpha value is -2.24. The van der Waals surface area contributed by atoms with E-state index >= 15 is 0 Å². The predicted molar refractivity (Wildman–Crippen MR) is 103 cm³/mol. The van der Waals surface area contributed by atoms with E-state index in [1.807, 2.05) is 39.0 Å². The number of aliphatic imine (C=N–C) groups is 1. The average Bonchev–Trinajstić information content (AvgIpc) is 2.60. The number of hydrogen-bond acceptors (Lipinski definition) is 3. The minimum Gasteiger partial charge on any atom is -0.496 e. The highest BCUT2D eigenvalue weighted by atomic mass is 16.5. The first kappa shape index (κ1) is 20.8. The highest BCUT2D eigenvalue weighted by Gasteiger charge is 2.07. The van der Waals surface area contributed by atoms with Crippen LogP contribution in [0.1, 0.15) is 44.7 Å². The minimum absolute atomic E-state index is 0.0536. The number of guanidine groups is 1. The molecule has 140 valence electrons. The Bertz CT molecular complexity index is 573. The Morgan fingerprint density at radius 2 is 2.04 bits per heavy atom. The van der Waals surface area contributed by atoms with Gasteiger partial charge in [-0.2, -0.15) is 0 Å². The molecule has 0 aromatic heterocycles. The smallest absolute Gasteiger partial charge is 0.221 e. The van der Waals surface area contributed by atoms with Gasteiger partial charge in [-0.05, 0) is 38.8 Å². The summed E-state index contributed by atoms with van der Waals surface area (Å²) in [5.74, 6) is 1.59. The van der Waals surface area contributed by atoms with Crippen LogP contribution >= 0.6 is 0 Å². The van der Waals surface area contributed by atoms with Gasteiger partial charge in [-0.1, -0.05) is 19.1 Å². The lowest BCUT2D eigenvalue weighted by Crippen LogP contribution is -2.40. The van der Waals surface area contributed by atoms with Crippen molar-refractivity contribution in [1.29, 1.82) is 0 Å². The van der Waals surface area contributed by atoms with E-state index in [-0.39, 0.29) is 11.9 Å². The van der Waals surface area contributed by atoms with Crippen LogP contribution in [-0.4, -0.2) is 38.1 Å². The van der Waals surface area contributed by atoms with Crippen LogP contribution in [-0.2, 0) is 11.3 Å². The van der Waals surface area contributed by atoms with Gasteiger partial charge in [0.1, 0.15) is 5.75 Å². The summed E-state index contributed by atoms with van der Waals surface area (Å²) in [5.41, 5.74) is 2.18. The topological polar surface area (TPSA) is 74.8 Å². The summed E-state index contributed by atoms with van der Waals surface area (Å²) in [7, 11) is 1.67. The van der Waals surface area contributed by atoms with Gasteiger partial charge in [0.2, 0.25) is 5.91 Å². The van der Waals surface area contributed by atoms with E-state index in [1.165, 1.54) is 0 Å². The maximum atomic E-state index is 11.8. The lowest BCUT2D eigenvalue weighted by Gasteiger charge is -2.14. The SMILES string of the molecule is CCNC(=NCc1ccc(C)cc1OC)NCCC(=O)NC(C)CC. The Morgan fingerprint density at radius 1 is 1.28 bits per heavy atom. The molecule has 0 radical (unpaired) electrons. The van der Waals surface area contributed by atoms with Crippen molar-refractivity contribution < 1.29 is 9.53 Å². The number of methoxy groups -OCH3 is 1. The summed E-state index contributed by atoms with van der Waals surface area (Å²) in [4.78, 5) is 16.4.